The van der Waals surface area contributed by atoms with Gasteiger partial charge in [-0.15, -0.1) is 0 Å². The smallest absolute Gasteiger partial charge is 0.193 e. The second-order valence-corrected chi connectivity index (χ2v) is 4.65. The van der Waals surface area contributed by atoms with Gasteiger partial charge in [0.2, 0.25) is 0 Å². The van der Waals surface area contributed by atoms with Crippen molar-refractivity contribution in [2.75, 3.05) is 6.54 Å². The highest BCUT2D eigenvalue weighted by Crippen LogP contribution is 2.25. The zero-order chi connectivity index (χ0) is 11.3. The molecule has 0 aliphatic rings. The van der Waals surface area contributed by atoms with E-state index in [4.69, 9.17) is 16.0 Å². The molecule has 0 amide bonds. The highest BCUT2D eigenvalue weighted by Gasteiger charge is 2.15. The quantitative estimate of drug-likeness (QED) is 0.797. The largest absolute Gasteiger partial charge is 0.448 e. The van der Waals surface area contributed by atoms with Crippen LogP contribution in [0.5, 0.6) is 0 Å². The normalized spacial score (nSPS) is 13.4. The third-order valence-electron chi connectivity index (χ3n) is 2.29. The Bertz CT molecular complexity index is 283. The second-order valence-electron chi connectivity index (χ2n) is 4.28. The number of hydrogen-bond acceptors (Lipinski definition) is 2. The molecular formula is C12H20ClNO. The second kappa shape index (κ2) is 6.19. The van der Waals surface area contributed by atoms with Gasteiger partial charge in [-0.25, -0.2) is 0 Å². The average molecular weight is 230 g/mol. The molecule has 1 heterocycles. The van der Waals surface area contributed by atoms with Crippen LogP contribution in [0.3, 0.4) is 0 Å². The maximum absolute atomic E-state index is 5.78. The number of furan rings is 1. The molecule has 0 aromatic carbocycles. The summed E-state index contributed by atoms with van der Waals surface area (Å²) in [6.07, 6.45) is 2.20. The van der Waals surface area contributed by atoms with Gasteiger partial charge in [0.05, 0.1) is 6.04 Å². The van der Waals surface area contributed by atoms with Gasteiger partial charge in [-0.05, 0) is 49.0 Å². The molecule has 0 spiro atoms. The van der Waals surface area contributed by atoms with Crippen LogP contribution < -0.4 is 5.32 Å². The summed E-state index contributed by atoms with van der Waals surface area (Å²) in [7, 11) is 0. The van der Waals surface area contributed by atoms with E-state index in [1.165, 1.54) is 0 Å². The van der Waals surface area contributed by atoms with Crippen molar-refractivity contribution in [3.63, 3.8) is 0 Å². The topological polar surface area (TPSA) is 25.2 Å². The molecule has 15 heavy (non-hydrogen) atoms. The van der Waals surface area contributed by atoms with Crippen molar-refractivity contribution in [2.45, 2.75) is 39.7 Å². The SMILES string of the molecule is CCCNC(CC(C)C)c1ccc(Cl)o1. The molecular weight excluding hydrogens is 210 g/mol. The van der Waals surface area contributed by atoms with Crippen molar-refractivity contribution in [2.24, 2.45) is 5.92 Å². The lowest BCUT2D eigenvalue weighted by molar-refractivity contribution is 0.362. The summed E-state index contributed by atoms with van der Waals surface area (Å²) in [6.45, 7) is 7.60. The van der Waals surface area contributed by atoms with Crippen molar-refractivity contribution in [3.05, 3.63) is 23.1 Å². The van der Waals surface area contributed by atoms with E-state index in [0.717, 1.165) is 25.1 Å². The van der Waals surface area contributed by atoms with Crippen LogP contribution in [0.1, 0.15) is 45.4 Å². The molecule has 3 heteroatoms. The Morgan fingerprint density at radius 2 is 2.13 bits per heavy atom. The fourth-order valence-electron chi connectivity index (χ4n) is 1.61. The van der Waals surface area contributed by atoms with E-state index < -0.39 is 0 Å². The van der Waals surface area contributed by atoms with Crippen molar-refractivity contribution in [3.8, 4) is 0 Å². The molecule has 0 saturated heterocycles. The first-order chi connectivity index (χ1) is 7.13. The molecule has 1 rings (SSSR count). The van der Waals surface area contributed by atoms with Gasteiger partial charge in [0.1, 0.15) is 5.76 Å². The summed E-state index contributed by atoms with van der Waals surface area (Å²) >= 11 is 5.78. The first kappa shape index (κ1) is 12.6. The van der Waals surface area contributed by atoms with E-state index in [1.54, 1.807) is 6.07 Å². The predicted molar refractivity (Wildman–Crippen MR) is 64.2 cm³/mol. The predicted octanol–water partition coefficient (Wildman–Crippen LogP) is 4.02. The maximum atomic E-state index is 5.78. The molecule has 0 bridgehead atoms. The summed E-state index contributed by atoms with van der Waals surface area (Å²) in [6, 6.07) is 4.05. The molecule has 86 valence electrons. The first-order valence-corrected chi connectivity index (χ1v) is 6.00. The van der Waals surface area contributed by atoms with Gasteiger partial charge in [-0.1, -0.05) is 20.8 Å². The summed E-state index contributed by atoms with van der Waals surface area (Å²) in [4.78, 5) is 0. The highest BCUT2D eigenvalue weighted by molar-refractivity contribution is 6.28. The zero-order valence-electron chi connectivity index (χ0n) is 9.72. The first-order valence-electron chi connectivity index (χ1n) is 5.62. The summed E-state index contributed by atoms with van der Waals surface area (Å²) in [5, 5.41) is 3.95. The van der Waals surface area contributed by atoms with Crippen LogP contribution in [0.25, 0.3) is 0 Å². The van der Waals surface area contributed by atoms with Crippen LogP contribution in [0.4, 0.5) is 0 Å². The minimum Gasteiger partial charge on any atom is -0.448 e. The molecule has 0 aliphatic heterocycles. The Balaban J connectivity index is 2.62. The van der Waals surface area contributed by atoms with Crippen LogP contribution >= 0.6 is 11.6 Å². The van der Waals surface area contributed by atoms with Crippen molar-refractivity contribution >= 4 is 11.6 Å². The molecule has 0 saturated carbocycles. The van der Waals surface area contributed by atoms with Crippen LogP contribution in [0, 0.1) is 5.92 Å². The number of nitrogens with one attached hydrogen (secondary N) is 1. The molecule has 1 N–H and O–H groups in total. The van der Waals surface area contributed by atoms with Gasteiger partial charge < -0.3 is 9.73 Å². The number of hydrogen-bond donors (Lipinski definition) is 1. The third-order valence-corrected chi connectivity index (χ3v) is 2.49. The average Bonchev–Trinajstić information content (AvgIpc) is 2.58. The fraction of sp³-hybridized carbons (Fsp3) is 0.667. The Morgan fingerprint density at radius 1 is 1.40 bits per heavy atom. The van der Waals surface area contributed by atoms with Crippen molar-refractivity contribution in [1.82, 2.24) is 5.32 Å². The van der Waals surface area contributed by atoms with Crippen LogP contribution in [0.15, 0.2) is 16.5 Å². The maximum Gasteiger partial charge on any atom is 0.193 e. The van der Waals surface area contributed by atoms with Gasteiger partial charge in [-0.2, -0.15) is 0 Å². The molecule has 0 aliphatic carbocycles. The van der Waals surface area contributed by atoms with Gasteiger partial charge in [0.25, 0.3) is 0 Å². The fourth-order valence-corrected chi connectivity index (χ4v) is 1.76. The Kier molecular flexibility index (Phi) is 5.20. The standard InChI is InChI=1S/C12H20ClNO/c1-4-7-14-10(8-9(2)3)11-5-6-12(13)15-11/h5-6,9-10,14H,4,7-8H2,1-3H3. The van der Waals surface area contributed by atoms with E-state index >= 15 is 0 Å². The Hall–Kier alpha value is -0.470. The zero-order valence-corrected chi connectivity index (χ0v) is 10.5. The molecule has 1 aromatic rings. The van der Waals surface area contributed by atoms with E-state index in [0.29, 0.717) is 11.1 Å². The van der Waals surface area contributed by atoms with Crippen molar-refractivity contribution < 1.29 is 4.42 Å². The van der Waals surface area contributed by atoms with Crippen molar-refractivity contribution in [1.29, 1.82) is 0 Å². The van der Waals surface area contributed by atoms with E-state index in [2.05, 4.69) is 26.1 Å². The molecule has 0 fully saturated rings. The van der Waals surface area contributed by atoms with E-state index in [1.807, 2.05) is 6.07 Å². The Morgan fingerprint density at radius 3 is 2.60 bits per heavy atom. The lowest BCUT2D eigenvalue weighted by Crippen LogP contribution is -2.23. The molecule has 1 unspecified atom stereocenters. The van der Waals surface area contributed by atoms with Gasteiger partial charge in [-0.3, -0.25) is 0 Å². The summed E-state index contributed by atoms with van der Waals surface area (Å²) in [5.74, 6) is 1.59. The van der Waals surface area contributed by atoms with Gasteiger partial charge in [0, 0.05) is 0 Å². The third kappa shape index (κ3) is 4.27. The van der Waals surface area contributed by atoms with E-state index in [9.17, 15) is 0 Å². The number of halogens is 1. The van der Waals surface area contributed by atoms with Crippen LogP contribution in [0.2, 0.25) is 5.22 Å². The van der Waals surface area contributed by atoms with Crippen LogP contribution in [-0.4, -0.2) is 6.54 Å². The lowest BCUT2D eigenvalue weighted by Gasteiger charge is -2.18. The molecule has 1 aromatic heterocycles. The molecule has 0 radical (unpaired) electrons. The molecule has 2 nitrogen and oxygen atoms in total. The summed E-state index contributed by atoms with van der Waals surface area (Å²) in [5.41, 5.74) is 0. The number of rotatable bonds is 6. The van der Waals surface area contributed by atoms with E-state index in [-0.39, 0.29) is 6.04 Å². The van der Waals surface area contributed by atoms with Gasteiger partial charge >= 0.3 is 0 Å². The molecule has 1 atom stereocenters. The minimum absolute atomic E-state index is 0.289. The van der Waals surface area contributed by atoms with Gasteiger partial charge in [0.15, 0.2) is 5.22 Å². The monoisotopic (exact) mass is 229 g/mol. The Labute approximate surface area is 97.0 Å². The van der Waals surface area contributed by atoms with Crippen LogP contribution in [-0.2, 0) is 0 Å². The highest BCUT2D eigenvalue weighted by atomic mass is 35.5. The lowest BCUT2D eigenvalue weighted by atomic mass is 10.0. The minimum atomic E-state index is 0.289. The summed E-state index contributed by atoms with van der Waals surface area (Å²) < 4.78 is 5.45.